The molecule has 0 aliphatic carbocycles. The van der Waals surface area contributed by atoms with E-state index >= 15 is 0 Å². The summed E-state index contributed by atoms with van der Waals surface area (Å²) in [6.45, 7) is 1.27. The van der Waals surface area contributed by atoms with Crippen LogP contribution in [0.3, 0.4) is 0 Å². The van der Waals surface area contributed by atoms with Gasteiger partial charge in [-0.25, -0.2) is 5.01 Å². The minimum Gasteiger partial charge on any atom is -0.493 e. The van der Waals surface area contributed by atoms with Gasteiger partial charge in [0.2, 0.25) is 0 Å². The third-order valence-electron chi connectivity index (χ3n) is 5.57. The van der Waals surface area contributed by atoms with Gasteiger partial charge in [0.25, 0.3) is 10.0 Å². The van der Waals surface area contributed by atoms with E-state index in [1.165, 1.54) is 30.8 Å². The number of ether oxygens (including phenoxy) is 2. The second kappa shape index (κ2) is 11.3. The van der Waals surface area contributed by atoms with Gasteiger partial charge in [-0.05, 0) is 60.9 Å². The molecule has 10 heteroatoms. The minimum atomic E-state index is -3.96. The van der Waals surface area contributed by atoms with Crippen LogP contribution in [0.25, 0.3) is 0 Å². The second-order valence-electron chi connectivity index (χ2n) is 7.70. The van der Waals surface area contributed by atoms with Gasteiger partial charge < -0.3 is 9.47 Å². The number of anilines is 1. The highest BCUT2D eigenvalue weighted by atomic mass is 35.5. The van der Waals surface area contributed by atoms with Gasteiger partial charge in [0.15, 0.2) is 11.5 Å². The number of methoxy groups -OCH3 is 2. The highest BCUT2D eigenvalue weighted by Crippen LogP contribution is 2.36. The third kappa shape index (κ3) is 5.41. The predicted octanol–water partition coefficient (Wildman–Crippen LogP) is 4.97. The summed E-state index contributed by atoms with van der Waals surface area (Å²) in [7, 11) is -0.966. The lowest BCUT2D eigenvalue weighted by atomic mass is 10.1. The van der Waals surface area contributed by atoms with Gasteiger partial charge in [-0.3, -0.25) is 4.98 Å². The van der Waals surface area contributed by atoms with Crippen LogP contribution in [0.15, 0.2) is 65.7 Å². The largest absolute Gasteiger partial charge is 0.493 e. The van der Waals surface area contributed by atoms with Crippen molar-refractivity contribution < 1.29 is 17.9 Å². The van der Waals surface area contributed by atoms with Crippen LogP contribution in [0.1, 0.15) is 24.1 Å². The molecule has 0 radical (unpaired) electrons. The number of hydrazine groups is 1. The van der Waals surface area contributed by atoms with Gasteiger partial charge in [-0.15, -0.1) is 12.4 Å². The van der Waals surface area contributed by atoms with Crippen molar-refractivity contribution in [2.45, 2.75) is 24.2 Å². The van der Waals surface area contributed by atoms with E-state index in [1.807, 2.05) is 23.2 Å². The Labute approximate surface area is 211 Å². The van der Waals surface area contributed by atoms with Gasteiger partial charge in [0.05, 0.1) is 24.8 Å². The maximum absolute atomic E-state index is 14.0. The number of rotatable bonds is 8. The SMILES string of the molecule is COc1ccc(S(=O)(=O)N(c2ccc(Cl)cc2Cc2ccccn2)N2CCCC2)cc1OC.Cl. The number of hydrogen-bond acceptors (Lipinski definition) is 6. The summed E-state index contributed by atoms with van der Waals surface area (Å²) in [6.07, 6.45) is 4.00. The van der Waals surface area contributed by atoms with Gasteiger partial charge in [0.1, 0.15) is 0 Å². The molecule has 0 saturated carbocycles. The van der Waals surface area contributed by atoms with Crippen LogP contribution in [0.2, 0.25) is 5.02 Å². The van der Waals surface area contributed by atoms with Crippen molar-refractivity contribution in [1.29, 1.82) is 0 Å². The molecule has 1 fully saturated rings. The van der Waals surface area contributed by atoms with E-state index in [4.69, 9.17) is 21.1 Å². The van der Waals surface area contributed by atoms with Crippen molar-refractivity contribution in [3.8, 4) is 11.5 Å². The Morgan fingerprint density at radius 1 is 1.00 bits per heavy atom. The standard InChI is InChI=1S/C24H26ClN3O4S.ClH/c1-31-23-11-9-21(17-24(23)32-2)33(29,30)28(27-13-5-6-14-27)22-10-8-19(25)15-18(22)16-20-7-3-4-12-26-20;/h3-4,7-12,15,17H,5-6,13-14,16H2,1-2H3;1H. The molecular formula is C24H27Cl2N3O4S. The Hall–Kier alpha value is -2.52. The Morgan fingerprint density at radius 2 is 1.74 bits per heavy atom. The summed E-state index contributed by atoms with van der Waals surface area (Å²) in [4.78, 5) is 4.53. The molecule has 2 aromatic carbocycles. The molecule has 0 unspecified atom stereocenters. The number of nitrogens with zero attached hydrogens (tertiary/aromatic N) is 3. The van der Waals surface area contributed by atoms with Crippen molar-refractivity contribution in [3.05, 3.63) is 77.1 Å². The summed E-state index contributed by atoms with van der Waals surface area (Å²) < 4.78 is 40.1. The fraction of sp³-hybridized carbons (Fsp3) is 0.292. The van der Waals surface area contributed by atoms with Gasteiger partial charge in [0, 0.05) is 42.5 Å². The van der Waals surface area contributed by atoms with Crippen molar-refractivity contribution in [3.63, 3.8) is 0 Å². The first kappa shape index (κ1) is 26.1. The van der Waals surface area contributed by atoms with Crippen LogP contribution in [-0.4, -0.2) is 45.7 Å². The first-order chi connectivity index (χ1) is 15.9. The molecule has 0 amide bonds. The molecule has 1 aliphatic rings. The van der Waals surface area contributed by atoms with Crippen molar-refractivity contribution in [2.24, 2.45) is 0 Å². The highest BCUT2D eigenvalue weighted by Gasteiger charge is 2.34. The van der Waals surface area contributed by atoms with Crippen LogP contribution in [0.5, 0.6) is 11.5 Å². The van der Waals surface area contributed by atoms with E-state index in [-0.39, 0.29) is 17.3 Å². The Bertz CT molecular complexity index is 1220. The number of hydrogen-bond donors (Lipinski definition) is 0. The van der Waals surface area contributed by atoms with E-state index in [0.29, 0.717) is 41.7 Å². The van der Waals surface area contributed by atoms with Crippen LogP contribution in [0, 0.1) is 0 Å². The van der Waals surface area contributed by atoms with Crippen molar-refractivity contribution >= 4 is 39.7 Å². The zero-order valence-electron chi connectivity index (χ0n) is 19.0. The molecule has 3 aromatic rings. The molecule has 0 spiro atoms. The lowest BCUT2D eigenvalue weighted by Crippen LogP contribution is -2.45. The van der Waals surface area contributed by atoms with E-state index < -0.39 is 10.0 Å². The van der Waals surface area contributed by atoms with Crippen LogP contribution < -0.4 is 13.9 Å². The average molecular weight is 524 g/mol. The Kier molecular flexibility index (Phi) is 8.65. The fourth-order valence-corrected chi connectivity index (χ4v) is 5.77. The summed E-state index contributed by atoms with van der Waals surface area (Å²) in [6, 6.07) is 15.6. The van der Waals surface area contributed by atoms with Crippen LogP contribution in [-0.2, 0) is 16.4 Å². The van der Waals surface area contributed by atoms with E-state index in [9.17, 15) is 8.42 Å². The maximum atomic E-state index is 14.0. The summed E-state index contributed by atoms with van der Waals surface area (Å²) >= 11 is 6.32. The molecule has 1 aromatic heterocycles. The van der Waals surface area contributed by atoms with Gasteiger partial charge >= 0.3 is 0 Å². The number of benzene rings is 2. The van der Waals surface area contributed by atoms with Crippen LogP contribution >= 0.6 is 24.0 Å². The number of halogens is 2. The molecule has 4 rings (SSSR count). The number of sulfonamides is 1. The van der Waals surface area contributed by atoms with Crippen LogP contribution in [0.4, 0.5) is 5.69 Å². The molecule has 182 valence electrons. The summed E-state index contributed by atoms with van der Waals surface area (Å²) in [5.41, 5.74) is 2.16. The first-order valence-corrected chi connectivity index (χ1v) is 12.5. The smallest absolute Gasteiger partial charge is 0.278 e. The fourth-order valence-electron chi connectivity index (χ4n) is 3.97. The minimum absolute atomic E-state index is 0. The van der Waals surface area contributed by atoms with Crippen molar-refractivity contribution in [2.75, 3.05) is 31.7 Å². The topological polar surface area (TPSA) is 72.0 Å². The van der Waals surface area contributed by atoms with E-state index in [2.05, 4.69) is 4.98 Å². The molecule has 1 saturated heterocycles. The first-order valence-electron chi connectivity index (χ1n) is 10.6. The van der Waals surface area contributed by atoms with E-state index in [1.54, 1.807) is 30.5 Å². The lowest BCUT2D eigenvalue weighted by Gasteiger charge is -2.34. The number of pyridine rings is 1. The third-order valence-corrected chi connectivity index (χ3v) is 7.53. The maximum Gasteiger partial charge on any atom is 0.278 e. The zero-order chi connectivity index (χ0) is 23.4. The monoisotopic (exact) mass is 523 g/mol. The van der Waals surface area contributed by atoms with Gasteiger partial charge in [-0.2, -0.15) is 12.8 Å². The summed E-state index contributed by atoms with van der Waals surface area (Å²) in [5.74, 6) is 0.816. The molecule has 34 heavy (non-hydrogen) atoms. The normalized spacial score (nSPS) is 13.9. The highest BCUT2D eigenvalue weighted by molar-refractivity contribution is 7.92. The van der Waals surface area contributed by atoms with E-state index in [0.717, 1.165) is 24.1 Å². The predicted molar refractivity (Wildman–Crippen MR) is 136 cm³/mol. The summed E-state index contributed by atoms with van der Waals surface area (Å²) in [5, 5.41) is 2.41. The molecule has 1 aliphatic heterocycles. The molecule has 2 heterocycles. The second-order valence-corrected chi connectivity index (χ2v) is 9.90. The lowest BCUT2D eigenvalue weighted by molar-refractivity contribution is 0.351. The zero-order valence-corrected chi connectivity index (χ0v) is 21.4. The average Bonchev–Trinajstić information content (AvgIpc) is 3.35. The Morgan fingerprint density at radius 3 is 2.38 bits per heavy atom. The number of aromatic nitrogens is 1. The molecular weight excluding hydrogens is 497 g/mol. The molecule has 0 bridgehead atoms. The molecule has 0 N–H and O–H groups in total. The van der Waals surface area contributed by atoms with Gasteiger partial charge in [-0.1, -0.05) is 17.7 Å². The molecule has 7 nitrogen and oxygen atoms in total. The quantitative estimate of drug-likeness (QED) is 0.415. The molecule has 0 atom stereocenters. The Balaban J connectivity index is 0.00000324. The van der Waals surface area contributed by atoms with Crippen molar-refractivity contribution in [1.82, 2.24) is 9.99 Å².